The van der Waals surface area contributed by atoms with Crippen LogP contribution in [0.4, 0.5) is 15.2 Å². The summed E-state index contributed by atoms with van der Waals surface area (Å²) in [5.74, 6) is -1.04. The molecule has 0 aliphatic heterocycles. The zero-order valence-electron chi connectivity index (χ0n) is 16.6. The summed E-state index contributed by atoms with van der Waals surface area (Å²) >= 11 is 1.34. The molecule has 4 rings (SSSR count). The predicted octanol–water partition coefficient (Wildman–Crippen LogP) is 5.11. The van der Waals surface area contributed by atoms with E-state index in [2.05, 4.69) is 15.0 Å². The molecule has 0 aliphatic rings. The third kappa shape index (κ3) is 4.42. The molecule has 0 atom stereocenters. The van der Waals surface area contributed by atoms with E-state index in [1.165, 1.54) is 23.5 Å². The van der Waals surface area contributed by atoms with Crippen molar-refractivity contribution in [1.29, 1.82) is 0 Å². The van der Waals surface area contributed by atoms with Crippen LogP contribution in [-0.2, 0) is 10.0 Å². The molecule has 31 heavy (non-hydrogen) atoms. The Morgan fingerprint density at radius 3 is 2.42 bits per heavy atom. The molecule has 158 valence electrons. The Hall–Kier alpha value is -3.30. The van der Waals surface area contributed by atoms with E-state index in [9.17, 15) is 17.6 Å². The highest BCUT2D eigenvalue weighted by Crippen LogP contribution is 2.29. The normalized spacial score (nSPS) is 11.5. The van der Waals surface area contributed by atoms with Crippen LogP contribution >= 0.6 is 11.3 Å². The van der Waals surface area contributed by atoms with Gasteiger partial charge in [-0.15, -0.1) is 0 Å². The zero-order chi connectivity index (χ0) is 22.2. The number of carbonyl (C=O) groups is 1. The van der Waals surface area contributed by atoms with Crippen LogP contribution in [0.3, 0.4) is 0 Å². The van der Waals surface area contributed by atoms with Crippen LogP contribution in [0.15, 0.2) is 65.6 Å². The fourth-order valence-electron chi connectivity index (χ4n) is 2.99. The van der Waals surface area contributed by atoms with Crippen molar-refractivity contribution in [3.05, 3.63) is 83.2 Å². The highest BCUT2D eigenvalue weighted by atomic mass is 32.2. The number of amides is 1. The van der Waals surface area contributed by atoms with Crippen molar-refractivity contribution in [2.75, 3.05) is 10.0 Å². The van der Waals surface area contributed by atoms with Gasteiger partial charge in [0.05, 0.1) is 26.4 Å². The van der Waals surface area contributed by atoms with E-state index in [4.69, 9.17) is 0 Å². The summed E-state index contributed by atoms with van der Waals surface area (Å²) in [7, 11) is -4.00. The van der Waals surface area contributed by atoms with Gasteiger partial charge in [-0.05, 0) is 73.5 Å². The van der Waals surface area contributed by atoms with Crippen molar-refractivity contribution in [2.24, 2.45) is 0 Å². The van der Waals surface area contributed by atoms with E-state index in [1.54, 1.807) is 12.1 Å². The molecule has 0 saturated heterocycles. The molecule has 0 radical (unpaired) electrons. The molecule has 0 fully saturated rings. The van der Waals surface area contributed by atoms with Crippen molar-refractivity contribution < 1.29 is 17.6 Å². The number of fused-ring (bicyclic) bond motifs is 1. The quantitative estimate of drug-likeness (QED) is 0.438. The number of halogens is 1. The molecule has 9 heteroatoms. The molecule has 6 nitrogen and oxygen atoms in total. The second-order valence-corrected chi connectivity index (χ2v) is 9.70. The number of sulfonamides is 1. The average Bonchev–Trinajstić information content (AvgIpc) is 3.09. The summed E-state index contributed by atoms with van der Waals surface area (Å²) < 4.78 is 41.8. The number of carbonyl (C=O) groups excluding carboxylic acids is 1. The number of thiazole rings is 1. The molecule has 4 aromatic rings. The zero-order valence-corrected chi connectivity index (χ0v) is 18.3. The molecule has 3 aromatic carbocycles. The molecular weight excluding hydrogens is 437 g/mol. The number of aryl methyl sites for hydroxylation is 2. The number of hydrogen-bond acceptors (Lipinski definition) is 5. The van der Waals surface area contributed by atoms with Gasteiger partial charge in [-0.1, -0.05) is 23.5 Å². The van der Waals surface area contributed by atoms with Crippen LogP contribution in [-0.4, -0.2) is 19.3 Å². The smallest absolute Gasteiger partial charge is 0.261 e. The summed E-state index contributed by atoms with van der Waals surface area (Å²) in [6.07, 6.45) is 0. The van der Waals surface area contributed by atoms with Gasteiger partial charge in [0.2, 0.25) is 0 Å². The van der Waals surface area contributed by atoms with Crippen LogP contribution in [0.1, 0.15) is 21.5 Å². The number of nitrogens with one attached hydrogen (secondary N) is 2. The number of nitrogens with zero attached hydrogens (tertiary/aromatic N) is 1. The number of aromatic nitrogens is 1. The van der Waals surface area contributed by atoms with Gasteiger partial charge in [0.1, 0.15) is 5.82 Å². The summed E-state index contributed by atoms with van der Waals surface area (Å²) in [5, 5.41) is 3.16. The monoisotopic (exact) mass is 455 g/mol. The first-order chi connectivity index (χ1) is 14.7. The molecular formula is C22H18FN3O3S2. The maximum atomic E-state index is 13.1. The third-order valence-electron chi connectivity index (χ3n) is 4.76. The highest BCUT2D eigenvalue weighted by molar-refractivity contribution is 7.92. The van der Waals surface area contributed by atoms with E-state index in [0.29, 0.717) is 5.13 Å². The van der Waals surface area contributed by atoms with Crippen LogP contribution in [0, 0.1) is 19.7 Å². The third-order valence-corrected chi connectivity index (χ3v) is 7.08. The minimum Gasteiger partial charge on any atom is -0.298 e. The molecule has 0 bridgehead atoms. The predicted molar refractivity (Wildman–Crippen MR) is 121 cm³/mol. The average molecular weight is 456 g/mol. The number of rotatable bonds is 5. The summed E-state index contributed by atoms with van der Waals surface area (Å²) in [5.41, 5.74) is 3.27. The lowest BCUT2D eigenvalue weighted by Crippen LogP contribution is -2.18. The van der Waals surface area contributed by atoms with Crippen molar-refractivity contribution in [2.45, 2.75) is 18.7 Å². The first-order valence-electron chi connectivity index (χ1n) is 9.29. The highest BCUT2D eigenvalue weighted by Gasteiger charge is 2.19. The first kappa shape index (κ1) is 21.0. The van der Waals surface area contributed by atoms with Gasteiger partial charge in [-0.2, -0.15) is 0 Å². The fraction of sp³-hybridized carbons (Fsp3) is 0.0909. The molecule has 0 spiro atoms. The van der Waals surface area contributed by atoms with Gasteiger partial charge in [-0.25, -0.2) is 17.8 Å². The lowest BCUT2D eigenvalue weighted by atomic mass is 10.1. The molecule has 1 amide bonds. The molecule has 1 aromatic heterocycles. The van der Waals surface area contributed by atoms with E-state index in [-0.39, 0.29) is 16.1 Å². The van der Waals surface area contributed by atoms with E-state index in [1.807, 2.05) is 26.0 Å². The van der Waals surface area contributed by atoms with Gasteiger partial charge in [0, 0.05) is 0 Å². The maximum Gasteiger partial charge on any atom is 0.261 e. The van der Waals surface area contributed by atoms with Crippen LogP contribution < -0.4 is 10.0 Å². The molecule has 0 saturated carbocycles. The molecule has 0 unspecified atom stereocenters. The van der Waals surface area contributed by atoms with Crippen molar-refractivity contribution in [3.8, 4) is 0 Å². The van der Waals surface area contributed by atoms with E-state index < -0.39 is 21.7 Å². The van der Waals surface area contributed by atoms with Crippen molar-refractivity contribution in [3.63, 3.8) is 0 Å². The molecule has 1 heterocycles. The minimum absolute atomic E-state index is 0.108. The Labute approximate surface area is 182 Å². The summed E-state index contributed by atoms with van der Waals surface area (Å²) in [6, 6.07) is 14.7. The first-order valence-corrected chi connectivity index (χ1v) is 11.6. The minimum atomic E-state index is -4.00. The van der Waals surface area contributed by atoms with Crippen molar-refractivity contribution >= 4 is 48.3 Å². The SMILES string of the molecule is Cc1cc2nc(NC(=O)c3ccccc3NS(=O)(=O)c3ccc(F)cc3)sc2cc1C. The number of para-hydroxylation sites is 1. The van der Waals surface area contributed by atoms with Crippen molar-refractivity contribution in [1.82, 2.24) is 4.98 Å². The topological polar surface area (TPSA) is 88.2 Å². The second kappa shape index (κ2) is 8.09. The van der Waals surface area contributed by atoms with Crippen LogP contribution in [0.25, 0.3) is 10.2 Å². The van der Waals surface area contributed by atoms with Gasteiger partial charge >= 0.3 is 0 Å². The van der Waals surface area contributed by atoms with Gasteiger partial charge < -0.3 is 0 Å². The lowest BCUT2D eigenvalue weighted by molar-refractivity contribution is 0.102. The molecule has 0 aliphatic carbocycles. The summed E-state index contributed by atoms with van der Waals surface area (Å²) in [6.45, 7) is 4.01. The Morgan fingerprint density at radius 2 is 1.68 bits per heavy atom. The van der Waals surface area contributed by atoms with Gasteiger partial charge in [-0.3, -0.25) is 14.8 Å². The Bertz CT molecular complexity index is 1360. The largest absolute Gasteiger partial charge is 0.298 e. The van der Waals surface area contributed by atoms with E-state index >= 15 is 0 Å². The van der Waals surface area contributed by atoms with Gasteiger partial charge in [0.15, 0.2) is 5.13 Å². The Balaban J connectivity index is 1.61. The number of hydrogen-bond donors (Lipinski definition) is 2. The Kier molecular flexibility index (Phi) is 5.47. The van der Waals surface area contributed by atoms with E-state index in [0.717, 1.165) is 45.6 Å². The standard InChI is InChI=1S/C22H18FN3O3S2/c1-13-11-19-20(12-14(13)2)30-22(24-19)25-21(27)17-5-3-4-6-18(17)26-31(28,29)16-9-7-15(23)8-10-16/h3-12,26H,1-2H3,(H,24,25,27). The van der Waals surface area contributed by atoms with Gasteiger partial charge in [0.25, 0.3) is 15.9 Å². The summed E-state index contributed by atoms with van der Waals surface area (Å²) in [4.78, 5) is 17.2. The maximum absolute atomic E-state index is 13.1. The molecule has 2 N–H and O–H groups in total. The fourth-order valence-corrected chi connectivity index (χ4v) is 5.01. The lowest BCUT2D eigenvalue weighted by Gasteiger charge is -2.12. The number of benzene rings is 3. The second-order valence-electron chi connectivity index (χ2n) is 6.98. The van der Waals surface area contributed by atoms with Crippen LogP contribution in [0.2, 0.25) is 0 Å². The Morgan fingerprint density at radius 1 is 1.00 bits per heavy atom. The number of anilines is 2. The van der Waals surface area contributed by atoms with Crippen LogP contribution in [0.5, 0.6) is 0 Å².